The number of piperidine rings is 1. The van der Waals surface area contributed by atoms with Crippen LogP contribution in [0.5, 0.6) is 0 Å². The second-order valence-electron chi connectivity index (χ2n) is 7.25. The number of halogens is 2. The van der Waals surface area contributed by atoms with Crippen LogP contribution in [0.15, 0.2) is 30.5 Å². The van der Waals surface area contributed by atoms with E-state index in [0.717, 1.165) is 50.4 Å². The van der Waals surface area contributed by atoms with E-state index in [2.05, 4.69) is 10.4 Å². The molecule has 3 heterocycles. The molecule has 1 spiro atoms. The average molecular weight is 395 g/mol. The molecule has 2 aliphatic rings. The third kappa shape index (κ3) is 3.48. The van der Waals surface area contributed by atoms with Crippen LogP contribution in [0, 0.1) is 12.3 Å². The summed E-state index contributed by atoms with van der Waals surface area (Å²) in [7, 11) is 0. The number of benzene rings is 1. The lowest BCUT2D eigenvalue weighted by molar-refractivity contribution is 0.0607. The van der Waals surface area contributed by atoms with Crippen LogP contribution >= 0.6 is 24.0 Å². The number of carbonyl (C=O) groups is 1. The molecular weight excluding hydrogens is 371 g/mol. The highest BCUT2D eigenvalue weighted by molar-refractivity contribution is 6.30. The van der Waals surface area contributed by atoms with Crippen molar-refractivity contribution in [2.75, 3.05) is 26.2 Å². The van der Waals surface area contributed by atoms with Gasteiger partial charge in [0.05, 0.1) is 23.1 Å². The standard InChI is InChI=1S/C19H23ClN4O.ClH/c1-14-17(12-22-24(14)16-4-2-3-15(20)11-16)18(25)23-9-6-19(7-10-23)5-8-21-13-19;/h2-4,11-12,21H,5-10,13H2,1H3;1H. The van der Waals surface area contributed by atoms with Gasteiger partial charge in [0.15, 0.2) is 0 Å². The molecule has 0 unspecified atom stereocenters. The van der Waals surface area contributed by atoms with E-state index in [0.29, 0.717) is 16.0 Å². The highest BCUT2D eigenvalue weighted by Crippen LogP contribution is 2.37. The summed E-state index contributed by atoms with van der Waals surface area (Å²) >= 11 is 6.08. The Morgan fingerprint density at radius 2 is 2.04 bits per heavy atom. The van der Waals surface area contributed by atoms with Gasteiger partial charge in [-0.25, -0.2) is 4.68 Å². The fourth-order valence-electron chi connectivity index (χ4n) is 4.06. The fraction of sp³-hybridized carbons (Fsp3) is 0.474. The van der Waals surface area contributed by atoms with E-state index in [1.54, 1.807) is 10.9 Å². The van der Waals surface area contributed by atoms with Crippen molar-refractivity contribution in [3.8, 4) is 5.69 Å². The van der Waals surface area contributed by atoms with Crippen LogP contribution in [0.4, 0.5) is 0 Å². The van der Waals surface area contributed by atoms with Gasteiger partial charge in [0.25, 0.3) is 5.91 Å². The Kier molecular flexibility index (Phi) is 5.61. The molecule has 1 amide bonds. The van der Waals surface area contributed by atoms with Gasteiger partial charge in [-0.05, 0) is 56.3 Å². The summed E-state index contributed by atoms with van der Waals surface area (Å²) in [5.74, 6) is 0.0894. The van der Waals surface area contributed by atoms with Crippen molar-refractivity contribution in [2.45, 2.75) is 26.2 Å². The molecule has 7 heteroatoms. The first-order chi connectivity index (χ1) is 12.1. The lowest BCUT2D eigenvalue weighted by Gasteiger charge is -2.38. The van der Waals surface area contributed by atoms with Gasteiger partial charge in [0.2, 0.25) is 0 Å². The van der Waals surface area contributed by atoms with E-state index in [1.165, 1.54) is 6.42 Å². The average Bonchev–Trinajstić information content (AvgIpc) is 3.22. The number of likely N-dealkylation sites (tertiary alicyclic amines) is 1. The number of hydrogen-bond acceptors (Lipinski definition) is 3. The monoisotopic (exact) mass is 394 g/mol. The van der Waals surface area contributed by atoms with Crippen molar-refractivity contribution in [2.24, 2.45) is 5.41 Å². The quantitative estimate of drug-likeness (QED) is 0.847. The van der Waals surface area contributed by atoms with Gasteiger partial charge in [0.1, 0.15) is 0 Å². The van der Waals surface area contributed by atoms with Crippen LogP contribution in [0.2, 0.25) is 5.02 Å². The van der Waals surface area contributed by atoms with Gasteiger partial charge in [-0.3, -0.25) is 4.79 Å². The minimum absolute atomic E-state index is 0. The zero-order valence-electron chi connectivity index (χ0n) is 14.9. The summed E-state index contributed by atoms with van der Waals surface area (Å²) < 4.78 is 1.78. The predicted octanol–water partition coefficient (Wildman–Crippen LogP) is 3.47. The van der Waals surface area contributed by atoms with Crippen molar-refractivity contribution >= 4 is 29.9 Å². The lowest BCUT2D eigenvalue weighted by atomic mass is 9.78. The molecule has 0 atom stereocenters. The second kappa shape index (κ2) is 7.59. The van der Waals surface area contributed by atoms with Crippen molar-refractivity contribution in [1.29, 1.82) is 0 Å². The van der Waals surface area contributed by atoms with Crippen molar-refractivity contribution in [3.63, 3.8) is 0 Å². The Labute approximate surface area is 165 Å². The number of amides is 1. The normalized spacial score (nSPS) is 18.8. The molecule has 0 radical (unpaired) electrons. The van der Waals surface area contributed by atoms with Gasteiger partial charge < -0.3 is 10.2 Å². The van der Waals surface area contributed by atoms with Crippen LogP contribution in [0.1, 0.15) is 35.3 Å². The minimum Gasteiger partial charge on any atom is -0.338 e. The summed E-state index contributed by atoms with van der Waals surface area (Å²) in [6.45, 7) is 5.82. The van der Waals surface area contributed by atoms with Gasteiger partial charge in [-0.2, -0.15) is 5.10 Å². The maximum absolute atomic E-state index is 13.0. The summed E-state index contributed by atoms with van der Waals surface area (Å²) in [5, 5.41) is 8.54. The highest BCUT2D eigenvalue weighted by atomic mass is 35.5. The van der Waals surface area contributed by atoms with E-state index >= 15 is 0 Å². The molecule has 1 aromatic carbocycles. The molecule has 4 rings (SSSR count). The van der Waals surface area contributed by atoms with Crippen molar-refractivity contribution < 1.29 is 4.79 Å². The smallest absolute Gasteiger partial charge is 0.257 e. The molecule has 0 saturated carbocycles. The number of nitrogens with one attached hydrogen (secondary N) is 1. The Morgan fingerprint density at radius 1 is 1.27 bits per heavy atom. The maximum atomic E-state index is 13.0. The summed E-state index contributed by atoms with van der Waals surface area (Å²) in [4.78, 5) is 14.9. The zero-order chi connectivity index (χ0) is 17.4. The Balaban J connectivity index is 0.00000196. The van der Waals surface area contributed by atoms with Crippen LogP contribution in [0.3, 0.4) is 0 Å². The van der Waals surface area contributed by atoms with Crippen LogP contribution < -0.4 is 5.32 Å². The maximum Gasteiger partial charge on any atom is 0.257 e. The first kappa shape index (κ1) is 19.2. The fourth-order valence-corrected chi connectivity index (χ4v) is 4.25. The Hall–Kier alpha value is -1.56. The van der Waals surface area contributed by atoms with Crippen molar-refractivity contribution in [3.05, 3.63) is 46.7 Å². The minimum atomic E-state index is 0. The largest absolute Gasteiger partial charge is 0.338 e. The first-order valence-corrected chi connectivity index (χ1v) is 9.26. The van der Waals surface area contributed by atoms with Crippen LogP contribution in [-0.2, 0) is 0 Å². The molecule has 2 saturated heterocycles. The molecular formula is C19H24Cl2N4O. The number of rotatable bonds is 2. The summed E-state index contributed by atoms with van der Waals surface area (Å²) in [6.07, 6.45) is 5.10. The molecule has 1 N–H and O–H groups in total. The van der Waals surface area contributed by atoms with E-state index in [1.807, 2.05) is 36.1 Å². The van der Waals surface area contributed by atoms with E-state index in [-0.39, 0.29) is 18.3 Å². The summed E-state index contributed by atoms with van der Waals surface area (Å²) in [6, 6.07) is 7.52. The number of carbonyl (C=O) groups excluding carboxylic acids is 1. The molecule has 2 aliphatic heterocycles. The van der Waals surface area contributed by atoms with E-state index in [4.69, 9.17) is 11.6 Å². The zero-order valence-corrected chi connectivity index (χ0v) is 16.4. The van der Waals surface area contributed by atoms with Crippen LogP contribution in [0.25, 0.3) is 5.69 Å². The number of nitrogens with zero attached hydrogens (tertiary/aromatic N) is 3. The number of aromatic nitrogens is 2. The molecule has 2 aromatic rings. The third-order valence-corrected chi connectivity index (χ3v) is 5.97. The third-order valence-electron chi connectivity index (χ3n) is 5.74. The highest BCUT2D eigenvalue weighted by Gasteiger charge is 2.38. The molecule has 26 heavy (non-hydrogen) atoms. The molecule has 0 bridgehead atoms. The molecule has 1 aromatic heterocycles. The second-order valence-corrected chi connectivity index (χ2v) is 7.69. The number of hydrogen-bond donors (Lipinski definition) is 1. The van der Waals surface area contributed by atoms with Crippen molar-refractivity contribution in [1.82, 2.24) is 20.0 Å². The molecule has 140 valence electrons. The van der Waals surface area contributed by atoms with Gasteiger partial charge in [-0.15, -0.1) is 12.4 Å². The molecule has 5 nitrogen and oxygen atoms in total. The van der Waals surface area contributed by atoms with E-state index < -0.39 is 0 Å². The first-order valence-electron chi connectivity index (χ1n) is 8.89. The summed E-state index contributed by atoms with van der Waals surface area (Å²) in [5.41, 5.74) is 2.82. The van der Waals surface area contributed by atoms with E-state index in [9.17, 15) is 4.79 Å². The molecule has 2 fully saturated rings. The lowest BCUT2D eigenvalue weighted by Crippen LogP contribution is -2.44. The van der Waals surface area contributed by atoms with Gasteiger partial charge >= 0.3 is 0 Å². The topological polar surface area (TPSA) is 50.2 Å². The van der Waals surface area contributed by atoms with Gasteiger partial charge in [0, 0.05) is 24.7 Å². The SMILES string of the molecule is Cc1c(C(=O)N2CCC3(CCNC3)CC2)cnn1-c1cccc(Cl)c1.Cl. The van der Waals surface area contributed by atoms with Gasteiger partial charge in [-0.1, -0.05) is 17.7 Å². The Bertz CT molecular complexity index is 789. The molecule has 0 aliphatic carbocycles. The van der Waals surface area contributed by atoms with Crippen LogP contribution in [-0.4, -0.2) is 46.8 Å². The Morgan fingerprint density at radius 3 is 2.69 bits per heavy atom. The predicted molar refractivity (Wildman–Crippen MR) is 106 cm³/mol.